The van der Waals surface area contributed by atoms with Gasteiger partial charge < -0.3 is 9.47 Å². The highest BCUT2D eigenvalue weighted by atomic mass is 79.9. The van der Waals surface area contributed by atoms with Crippen LogP contribution in [0, 0.1) is 6.92 Å². The molecule has 0 saturated heterocycles. The zero-order chi connectivity index (χ0) is 17.8. The molecule has 0 N–H and O–H groups in total. The number of rotatable bonds is 5. The van der Waals surface area contributed by atoms with Crippen LogP contribution in [-0.2, 0) is 0 Å². The molecule has 1 heterocycles. The minimum atomic E-state index is -0.339. The number of aromatic nitrogens is 2. The molecule has 1 aromatic heterocycles. The van der Waals surface area contributed by atoms with Crippen molar-refractivity contribution in [3.8, 4) is 22.9 Å². The first kappa shape index (κ1) is 17.2. The van der Waals surface area contributed by atoms with Gasteiger partial charge in [0.2, 0.25) is 5.75 Å². The molecule has 0 bridgehead atoms. The van der Waals surface area contributed by atoms with Gasteiger partial charge in [-0.05, 0) is 71.7 Å². The maximum atomic E-state index is 12.8. The van der Waals surface area contributed by atoms with Crippen LogP contribution in [-0.4, -0.2) is 16.4 Å². The molecule has 0 aliphatic rings. The van der Waals surface area contributed by atoms with Crippen molar-refractivity contribution >= 4 is 15.9 Å². The monoisotopic (exact) mass is 400 g/mol. The molecule has 0 atom stereocenters. The Balaban J connectivity index is 1.96. The van der Waals surface area contributed by atoms with Crippen LogP contribution in [0.2, 0.25) is 0 Å². The van der Waals surface area contributed by atoms with Gasteiger partial charge in [-0.15, -0.1) is 0 Å². The van der Waals surface area contributed by atoms with Gasteiger partial charge in [-0.3, -0.25) is 4.79 Å². The van der Waals surface area contributed by atoms with Crippen LogP contribution in [0.25, 0.3) is 5.69 Å². The van der Waals surface area contributed by atoms with Gasteiger partial charge in [0.25, 0.3) is 0 Å². The van der Waals surface area contributed by atoms with E-state index in [2.05, 4.69) is 21.0 Å². The van der Waals surface area contributed by atoms with Gasteiger partial charge >= 0.3 is 5.56 Å². The first-order chi connectivity index (χ1) is 12.1. The largest absolute Gasteiger partial charge is 0.494 e. The van der Waals surface area contributed by atoms with E-state index >= 15 is 0 Å². The number of ether oxygens (including phenoxy) is 2. The molecule has 25 heavy (non-hydrogen) atoms. The summed E-state index contributed by atoms with van der Waals surface area (Å²) in [4.78, 5) is 12.8. The van der Waals surface area contributed by atoms with Gasteiger partial charge in [0, 0.05) is 0 Å². The Kier molecular flexibility index (Phi) is 5.19. The Morgan fingerprint density at radius 2 is 1.84 bits per heavy atom. The fraction of sp³-hybridized carbons (Fsp3) is 0.158. The summed E-state index contributed by atoms with van der Waals surface area (Å²) in [5.41, 5.74) is 1.39. The Bertz CT molecular complexity index is 936. The second-order valence-electron chi connectivity index (χ2n) is 5.38. The molecule has 2 aromatic carbocycles. The van der Waals surface area contributed by atoms with Gasteiger partial charge in [0.15, 0.2) is 0 Å². The van der Waals surface area contributed by atoms with Crippen molar-refractivity contribution < 1.29 is 9.47 Å². The molecular weight excluding hydrogens is 384 g/mol. The van der Waals surface area contributed by atoms with E-state index in [9.17, 15) is 4.79 Å². The summed E-state index contributed by atoms with van der Waals surface area (Å²) < 4.78 is 13.0. The lowest BCUT2D eigenvalue weighted by molar-refractivity contribution is 0.339. The van der Waals surface area contributed by atoms with Crippen molar-refractivity contribution in [1.29, 1.82) is 0 Å². The second kappa shape index (κ2) is 7.53. The number of aryl methyl sites for hydroxylation is 1. The third kappa shape index (κ3) is 3.91. The third-order valence-electron chi connectivity index (χ3n) is 3.49. The van der Waals surface area contributed by atoms with Gasteiger partial charge in [-0.1, -0.05) is 12.1 Å². The quantitative estimate of drug-likeness (QED) is 0.632. The van der Waals surface area contributed by atoms with Crippen LogP contribution in [0.4, 0.5) is 0 Å². The average molecular weight is 401 g/mol. The predicted molar refractivity (Wildman–Crippen MR) is 100.0 cm³/mol. The Morgan fingerprint density at radius 3 is 2.52 bits per heavy atom. The molecule has 6 heteroatoms. The van der Waals surface area contributed by atoms with Crippen LogP contribution in [0.5, 0.6) is 17.2 Å². The molecule has 0 aliphatic carbocycles. The highest BCUT2D eigenvalue weighted by Gasteiger charge is 2.13. The number of hydrogen-bond donors (Lipinski definition) is 0. The van der Waals surface area contributed by atoms with Gasteiger partial charge in [-0.25, -0.2) is 0 Å². The van der Waals surface area contributed by atoms with Crippen LogP contribution < -0.4 is 15.0 Å². The molecule has 3 rings (SSSR count). The molecule has 5 nitrogen and oxygen atoms in total. The van der Waals surface area contributed by atoms with Crippen molar-refractivity contribution in [2.45, 2.75) is 13.8 Å². The second-order valence-corrected chi connectivity index (χ2v) is 6.24. The SMILES string of the molecule is CCOc1ccc(Oc2c(Br)cnn(-c3cccc(C)c3)c2=O)cc1. The highest BCUT2D eigenvalue weighted by molar-refractivity contribution is 9.10. The van der Waals surface area contributed by atoms with E-state index in [1.54, 1.807) is 30.5 Å². The molecule has 128 valence electrons. The smallest absolute Gasteiger partial charge is 0.315 e. The Morgan fingerprint density at radius 1 is 1.12 bits per heavy atom. The predicted octanol–water partition coefficient (Wildman–Crippen LogP) is 4.49. The van der Waals surface area contributed by atoms with Gasteiger partial charge in [-0.2, -0.15) is 9.78 Å². The molecule has 0 unspecified atom stereocenters. The number of benzene rings is 2. The van der Waals surface area contributed by atoms with E-state index in [1.165, 1.54) is 4.68 Å². The average Bonchev–Trinajstić information content (AvgIpc) is 2.60. The summed E-state index contributed by atoms with van der Waals surface area (Å²) in [6, 6.07) is 14.7. The lowest BCUT2D eigenvalue weighted by Crippen LogP contribution is -2.22. The lowest BCUT2D eigenvalue weighted by atomic mass is 10.2. The number of nitrogens with zero attached hydrogens (tertiary/aromatic N) is 2. The molecule has 3 aromatic rings. The van der Waals surface area contributed by atoms with Crippen molar-refractivity contribution in [3.05, 3.63) is 75.1 Å². The van der Waals surface area contributed by atoms with Crippen LogP contribution >= 0.6 is 15.9 Å². The topological polar surface area (TPSA) is 53.4 Å². The first-order valence-electron chi connectivity index (χ1n) is 7.84. The zero-order valence-corrected chi connectivity index (χ0v) is 15.5. The molecular formula is C19H17BrN2O3. The summed E-state index contributed by atoms with van der Waals surface area (Å²) in [5.74, 6) is 1.48. The van der Waals surface area contributed by atoms with Crippen molar-refractivity contribution in [1.82, 2.24) is 9.78 Å². The van der Waals surface area contributed by atoms with Crippen LogP contribution in [0.3, 0.4) is 0 Å². The van der Waals surface area contributed by atoms with E-state index in [0.717, 1.165) is 11.3 Å². The first-order valence-corrected chi connectivity index (χ1v) is 8.63. The van der Waals surface area contributed by atoms with Crippen molar-refractivity contribution in [2.75, 3.05) is 6.61 Å². The molecule has 0 saturated carbocycles. The number of halogens is 1. The summed E-state index contributed by atoms with van der Waals surface area (Å²) in [7, 11) is 0. The Labute approximate surface area is 154 Å². The summed E-state index contributed by atoms with van der Waals surface area (Å²) in [5, 5.41) is 4.19. The fourth-order valence-corrected chi connectivity index (χ4v) is 2.68. The van der Waals surface area contributed by atoms with E-state index in [4.69, 9.17) is 9.47 Å². The van der Waals surface area contributed by atoms with Crippen LogP contribution in [0.15, 0.2) is 64.0 Å². The maximum Gasteiger partial charge on any atom is 0.315 e. The van der Waals surface area contributed by atoms with Crippen molar-refractivity contribution in [3.63, 3.8) is 0 Å². The van der Waals surface area contributed by atoms with E-state index in [-0.39, 0.29) is 11.3 Å². The minimum Gasteiger partial charge on any atom is -0.494 e. The molecule has 0 fully saturated rings. The van der Waals surface area contributed by atoms with E-state index in [1.807, 2.05) is 38.1 Å². The summed E-state index contributed by atoms with van der Waals surface area (Å²) in [6.45, 7) is 4.48. The highest BCUT2D eigenvalue weighted by Crippen LogP contribution is 2.27. The van der Waals surface area contributed by atoms with Crippen molar-refractivity contribution in [2.24, 2.45) is 0 Å². The normalized spacial score (nSPS) is 10.5. The maximum absolute atomic E-state index is 12.8. The molecule has 0 aliphatic heterocycles. The third-order valence-corrected chi connectivity index (χ3v) is 4.06. The summed E-state index contributed by atoms with van der Waals surface area (Å²) >= 11 is 3.34. The van der Waals surface area contributed by atoms with E-state index < -0.39 is 0 Å². The fourth-order valence-electron chi connectivity index (χ4n) is 2.34. The van der Waals surface area contributed by atoms with Crippen LogP contribution in [0.1, 0.15) is 12.5 Å². The minimum absolute atomic E-state index is 0.181. The number of hydrogen-bond acceptors (Lipinski definition) is 4. The van der Waals surface area contributed by atoms with Gasteiger partial charge in [0.1, 0.15) is 11.5 Å². The lowest BCUT2D eigenvalue weighted by Gasteiger charge is -2.11. The molecule has 0 amide bonds. The Hall–Kier alpha value is -2.60. The van der Waals surface area contributed by atoms with Gasteiger partial charge in [0.05, 0.1) is 23.0 Å². The molecule has 0 spiro atoms. The summed E-state index contributed by atoms with van der Waals surface area (Å²) in [6.07, 6.45) is 1.55. The molecule has 0 radical (unpaired) electrons. The zero-order valence-electron chi connectivity index (χ0n) is 13.9. The van der Waals surface area contributed by atoms with E-state index in [0.29, 0.717) is 22.5 Å². The standard InChI is InChI=1S/C19H17BrN2O3/c1-3-24-15-7-9-16(10-8-15)25-18-17(20)12-21-22(19(18)23)14-6-4-5-13(2)11-14/h4-12H,3H2,1-2H3.